The predicted molar refractivity (Wildman–Crippen MR) is 100 cm³/mol. The van der Waals surface area contributed by atoms with Crippen LogP contribution in [0.1, 0.15) is 36.9 Å². The summed E-state index contributed by atoms with van der Waals surface area (Å²) in [5, 5.41) is 10.6. The molecule has 1 aliphatic carbocycles. The first-order valence-electron chi connectivity index (χ1n) is 9.48. The second kappa shape index (κ2) is 6.63. The monoisotopic (exact) mass is 357 g/mol. The maximum Gasteiger partial charge on any atom is 0.178 e. The number of rotatable bonds is 4. The Hall–Kier alpha value is -1.99. The molecule has 26 heavy (non-hydrogen) atoms. The molecule has 0 bridgehead atoms. The molecular formula is C19H27N5O2. The Labute approximate surface area is 153 Å². The fourth-order valence-electron chi connectivity index (χ4n) is 4.66. The SMILES string of the molecule is CN(C)C1(C(=O)CO)CCN(c2ncnc3[nH]c4c(c23)CCCC4)CC1. The van der Waals surface area contributed by atoms with Crippen LogP contribution in [0.5, 0.6) is 0 Å². The summed E-state index contributed by atoms with van der Waals surface area (Å²) in [6.45, 7) is 1.09. The highest BCUT2D eigenvalue weighted by atomic mass is 16.3. The van der Waals surface area contributed by atoms with Crippen molar-refractivity contribution in [2.24, 2.45) is 0 Å². The molecule has 1 aliphatic heterocycles. The number of fused-ring (bicyclic) bond motifs is 3. The highest BCUT2D eigenvalue weighted by Crippen LogP contribution is 2.36. The molecule has 2 N–H and O–H groups in total. The number of ketones is 1. The number of nitrogens with one attached hydrogen (secondary N) is 1. The van der Waals surface area contributed by atoms with Crippen LogP contribution in [0.15, 0.2) is 6.33 Å². The number of Topliss-reactive ketones (excluding diaryl/α,β-unsaturated/α-hetero) is 1. The molecule has 2 aromatic heterocycles. The number of carbonyl (C=O) groups is 1. The molecule has 7 nitrogen and oxygen atoms in total. The van der Waals surface area contributed by atoms with Gasteiger partial charge >= 0.3 is 0 Å². The highest BCUT2D eigenvalue weighted by Gasteiger charge is 2.43. The topological polar surface area (TPSA) is 85.3 Å². The fraction of sp³-hybridized carbons (Fsp3) is 0.632. The summed E-state index contributed by atoms with van der Waals surface area (Å²) in [6.07, 6.45) is 7.61. The van der Waals surface area contributed by atoms with Crippen molar-refractivity contribution >= 4 is 22.6 Å². The molecule has 140 valence electrons. The van der Waals surface area contributed by atoms with Crippen LogP contribution in [-0.4, -0.2) is 70.1 Å². The van der Waals surface area contributed by atoms with Crippen LogP contribution >= 0.6 is 0 Å². The average Bonchev–Trinajstić information content (AvgIpc) is 3.06. The van der Waals surface area contributed by atoms with Crippen molar-refractivity contribution in [3.8, 4) is 0 Å². The normalized spacial score (nSPS) is 19.8. The van der Waals surface area contributed by atoms with E-state index < -0.39 is 12.1 Å². The molecule has 1 fully saturated rings. The van der Waals surface area contributed by atoms with E-state index in [1.807, 2.05) is 19.0 Å². The van der Waals surface area contributed by atoms with Gasteiger partial charge in [-0.2, -0.15) is 0 Å². The summed E-state index contributed by atoms with van der Waals surface area (Å²) in [5.74, 6) is 0.896. The third-order valence-electron chi connectivity index (χ3n) is 6.28. The number of aryl methyl sites for hydroxylation is 2. The minimum atomic E-state index is -0.574. The zero-order valence-corrected chi connectivity index (χ0v) is 15.6. The van der Waals surface area contributed by atoms with Crippen molar-refractivity contribution in [3.63, 3.8) is 0 Å². The van der Waals surface area contributed by atoms with E-state index in [0.29, 0.717) is 12.8 Å². The maximum absolute atomic E-state index is 12.4. The summed E-state index contributed by atoms with van der Waals surface area (Å²) in [4.78, 5) is 29.2. The van der Waals surface area contributed by atoms with Gasteiger partial charge in [0.1, 0.15) is 24.4 Å². The van der Waals surface area contributed by atoms with Gasteiger partial charge in [-0.05, 0) is 58.2 Å². The number of hydrogen-bond donors (Lipinski definition) is 2. The molecule has 0 atom stereocenters. The summed E-state index contributed by atoms with van der Waals surface area (Å²) in [7, 11) is 3.85. The number of aliphatic hydroxyl groups is 1. The van der Waals surface area contributed by atoms with E-state index in [-0.39, 0.29) is 5.78 Å². The van der Waals surface area contributed by atoms with Crippen molar-refractivity contribution in [2.45, 2.75) is 44.1 Å². The molecule has 4 rings (SSSR count). The molecule has 0 saturated carbocycles. The smallest absolute Gasteiger partial charge is 0.178 e. The second-order valence-corrected chi connectivity index (χ2v) is 7.70. The maximum atomic E-state index is 12.4. The van der Waals surface area contributed by atoms with Crippen molar-refractivity contribution in [1.29, 1.82) is 0 Å². The summed E-state index contributed by atoms with van der Waals surface area (Å²) in [6, 6.07) is 0. The Morgan fingerprint density at radius 2 is 2.00 bits per heavy atom. The third kappa shape index (κ3) is 2.61. The number of nitrogens with zero attached hydrogens (tertiary/aromatic N) is 4. The van der Waals surface area contributed by atoms with Gasteiger partial charge in [0.05, 0.1) is 10.9 Å². The summed E-state index contributed by atoms with van der Waals surface area (Å²) < 4.78 is 0. The Balaban J connectivity index is 1.66. The van der Waals surface area contributed by atoms with Gasteiger partial charge in [0.25, 0.3) is 0 Å². The number of aromatic amines is 1. The van der Waals surface area contributed by atoms with Crippen LogP contribution < -0.4 is 4.90 Å². The van der Waals surface area contributed by atoms with Crippen molar-refractivity contribution in [1.82, 2.24) is 19.9 Å². The third-order valence-corrected chi connectivity index (χ3v) is 6.28. The first-order valence-corrected chi connectivity index (χ1v) is 9.48. The largest absolute Gasteiger partial charge is 0.389 e. The van der Waals surface area contributed by atoms with Crippen molar-refractivity contribution in [2.75, 3.05) is 38.7 Å². The number of anilines is 1. The lowest BCUT2D eigenvalue weighted by molar-refractivity contribution is -0.134. The van der Waals surface area contributed by atoms with E-state index in [9.17, 15) is 9.90 Å². The highest BCUT2D eigenvalue weighted by molar-refractivity contribution is 5.93. The first kappa shape index (κ1) is 17.4. The van der Waals surface area contributed by atoms with Gasteiger partial charge in [-0.25, -0.2) is 9.97 Å². The van der Waals surface area contributed by atoms with Gasteiger partial charge in [0, 0.05) is 18.8 Å². The van der Waals surface area contributed by atoms with E-state index >= 15 is 0 Å². The Kier molecular flexibility index (Phi) is 4.44. The molecule has 0 spiro atoms. The minimum absolute atomic E-state index is 0.0889. The van der Waals surface area contributed by atoms with Crippen LogP contribution in [-0.2, 0) is 17.6 Å². The van der Waals surface area contributed by atoms with E-state index in [1.165, 1.54) is 24.1 Å². The Bertz CT molecular complexity index is 821. The van der Waals surface area contributed by atoms with Gasteiger partial charge < -0.3 is 15.0 Å². The van der Waals surface area contributed by atoms with Crippen LogP contribution in [0.4, 0.5) is 5.82 Å². The standard InChI is InChI=1S/C19H27N5O2/c1-23(2)19(15(26)11-25)7-9-24(10-8-19)18-16-13-5-3-4-6-14(13)22-17(16)20-12-21-18/h12,25H,3-11H2,1-2H3,(H,20,21,22). The minimum Gasteiger partial charge on any atom is -0.389 e. The zero-order chi connectivity index (χ0) is 18.3. The van der Waals surface area contributed by atoms with Crippen molar-refractivity contribution in [3.05, 3.63) is 17.6 Å². The van der Waals surface area contributed by atoms with Crippen molar-refractivity contribution < 1.29 is 9.90 Å². The molecular weight excluding hydrogens is 330 g/mol. The number of H-pyrrole nitrogens is 1. The number of hydrogen-bond acceptors (Lipinski definition) is 6. The average molecular weight is 357 g/mol. The molecule has 2 aliphatic rings. The Morgan fingerprint density at radius 1 is 1.27 bits per heavy atom. The van der Waals surface area contributed by atoms with E-state index in [4.69, 9.17) is 0 Å². The number of carbonyl (C=O) groups excluding carboxylic acids is 1. The lowest BCUT2D eigenvalue weighted by Crippen LogP contribution is -2.58. The lowest BCUT2D eigenvalue weighted by atomic mass is 9.82. The number of aromatic nitrogens is 3. The van der Waals surface area contributed by atoms with E-state index in [2.05, 4.69) is 19.9 Å². The molecule has 0 amide bonds. The van der Waals surface area contributed by atoms with E-state index in [1.54, 1.807) is 6.33 Å². The number of likely N-dealkylation sites (N-methyl/N-ethyl adjacent to an activating group) is 1. The fourth-order valence-corrected chi connectivity index (χ4v) is 4.66. The Morgan fingerprint density at radius 3 is 2.69 bits per heavy atom. The van der Waals surface area contributed by atoms with Gasteiger partial charge in [-0.15, -0.1) is 0 Å². The van der Waals surface area contributed by atoms with Gasteiger partial charge in [-0.3, -0.25) is 9.69 Å². The predicted octanol–water partition coefficient (Wildman–Crippen LogP) is 1.30. The van der Waals surface area contributed by atoms with Gasteiger partial charge in [0.15, 0.2) is 5.78 Å². The van der Waals surface area contributed by atoms with Crippen LogP contribution in [0.25, 0.3) is 11.0 Å². The molecule has 7 heteroatoms. The van der Waals surface area contributed by atoms with Crippen LogP contribution in [0, 0.1) is 0 Å². The molecule has 0 radical (unpaired) electrons. The number of aliphatic hydroxyl groups excluding tert-OH is 1. The second-order valence-electron chi connectivity index (χ2n) is 7.70. The van der Waals surface area contributed by atoms with E-state index in [0.717, 1.165) is 42.8 Å². The number of piperidine rings is 1. The van der Waals surface area contributed by atoms with Gasteiger partial charge in [0.2, 0.25) is 0 Å². The molecule has 0 aromatic carbocycles. The molecule has 1 saturated heterocycles. The van der Waals surface area contributed by atoms with Crippen LogP contribution in [0.3, 0.4) is 0 Å². The lowest BCUT2D eigenvalue weighted by Gasteiger charge is -2.45. The van der Waals surface area contributed by atoms with Crippen LogP contribution in [0.2, 0.25) is 0 Å². The summed E-state index contributed by atoms with van der Waals surface area (Å²) in [5.41, 5.74) is 3.04. The molecule has 0 unspecified atom stereocenters. The quantitative estimate of drug-likeness (QED) is 0.858. The van der Waals surface area contributed by atoms with Gasteiger partial charge in [-0.1, -0.05) is 0 Å². The zero-order valence-electron chi connectivity index (χ0n) is 15.6. The first-order chi connectivity index (χ1) is 12.6. The molecule has 3 heterocycles. The molecule has 2 aromatic rings. The summed E-state index contributed by atoms with van der Waals surface area (Å²) >= 11 is 0.